The third-order valence-corrected chi connectivity index (χ3v) is 5.10. The Labute approximate surface area is 162 Å². The Hall–Kier alpha value is -2.41. The fourth-order valence-electron chi connectivity index (χ4n) is 2.02. The first-order valence-electron chi connectivity index (χ1n) is 7.39. The maximum atomic E-state index is 12.0. The van der Waals surface area contributed by atoms with Crippen LogP contribution in [0.1, 0.15) is 22.2 Å². The van der Waals surface area contributed by atoms with Gasteiger partial charge in [0.15, 0.2) is 0 Å². The molecule has 0 aliphatic rings. The van der Waals surface area contributed by atoms with Crippen LogP contribution in [0.3, 0.4) is 0 Å². The van der Waals surface area contributed by atoms with E-state index in [0.29, 0.717) is 28.8 Å². The Morgan fingerprint density at radius 2 is 2.31 bits per heavy atom. The van der Waals surface area contributed by atoms with Crippen LogP contribution in [-0.4, -0.2) is 26.8 Å². The zero-order valence-electron chi connectivity index (χ0n) is 13.5. The van der Waals surface area contributed by atoms with Crippen LogP contribution in [0.5, 0.6) is 0 Å². The van der Waals surface area contributed by atoms with Crippen molar-refractivity contribution in [3.8, 4) is 6.07 Å². The minimum Gasteiger partial charge on any atom is -0.416 e. The topological polar surface area (TPSA) is 105 Å². The van der Waals surface area contributed by atoms with Gasteiger partial charge in [-0.2, -0.15) is 5.26 Å². The molecule has 2 heterocycles. The first kappa shape index (κ1) is 18.4. The Bertz CT molecular complexity index is 979. The van der Waals surface area contributed by atoms with Gasteiger partial charge in [0.1, 0.15) is 6.07 Å². The number of halogens is 1. The van der Waals surface area contributed by atoms with Crippen LogP contribution < -0.4 is 5.32 Å². The van der Waals surface area contributed by atoms with Crippen molar-refractivity contribution >= 4 is 46.3 Å². The summed E-state index contributed by atoms with van der Waals surface area (Å²) in [7, 11) is 0. The SMILES string of the molecule is Cc1nc(Cc2nnc(SCC(=O)Nc3ccc(C#N)c(Cl)c3)o2)cs1. The van der Waals surface area contributed by atoms with Gasteiger partial charge in [-0.25, -0.2) is 4.98 Å². The van der Waals surface area contributed by atoms with Crippen molar-refractivity contribution < 1.29 is 9.21 Å². The lowest BCUT2D eigenvalue weighted by Gasteiger charge is -2.05. The fraction of sp³-hybridized carbons (Fsp3) is 0.188. The normalized spacial score (nSPS) is 10.5. The molecule has 0 bridgehead atoms. The van der Waals surface area contributed by atoms with Crippen molar-refractivity contribution in [2.75, 3.05) is 11.1 Å². The van der Waals surface area contributed by atoms with E-state index in [9.17, 15) is 4.79 Å². The number of anilines is 1. The molecule has 1 N–H and O–H groups in total. The highest BCUT2D eigenvalue weighted by molar-refractivity contribution is 7.99. The molecular weight excluding hydrogens is 394 g/mol. The molecule has 0 spiro atoms. The second-order valence-corrected chi connectivity index (χ2v) is 7.54. The Morgan fingerprint density at radius 1 is 1.46 bits per heavy atom. The molecule has 1 amide bonds. The number of nitrogens with one attached hydrogen (secondary N) is 1. The van der Waals surface area contributed by atoms with Crippen LogP contribution in [0, 0.1) is 18.3 Å². The highest BCUT2D eigenvalue weighted by Gasteiger charge is 2.12. The number of aryl methyl sites for hydroxylation is 1. The van der Waals surface area contributed by atoms with Gasteiger partial charge in [0.2, 0.25) is 11.8 Å². The lowest BCUT2D eigenvalue weighted by Crippen LogP contribution is -2.14. The van der Waals surface area contributed by atoms with Crippen LogP contribution in [0.2, 0.25) is 5.02 Å². The summed E-state index contributed by atoms with van der Waals surface area (Å²) in [6.45, 7) is 1.93. The van der Waals surface area contributed by atoms with Gasteiger partial charge in [-0.15, -0.1) is 21.5 Å². The maximum Gasteiger partial charge on any atom is 0.277 e. The molecule has 0 aliphatic carbocycles. The molecule has 0 saturated carbocycles. The van der Waals surface area contributed by atoms with E-state index in [1.165, 1.54) is 6.07 Å². The average molecular weight is 406 g/mol. The second kappa shape index (κ2) is 8.31. The van der Waals surface area contributed by atoms with E-state index < -0.39 is 0 Å². The minimum absolute atomic E-state index is 0.106. The molecule has 2 aromatic heterocycles. The predicted octanol–water partition coefficient (Wildman–Crippen LogP) is 3.68. The molecule has 0 radical (unpaired) electrons. The van der Waals surface area contributed by atoms with Gasteiger partial charge < -0.3 is 9.73 Å². The number of nitriles is 1. The number of aromatic nitrogens is 3. The van der Waals surface area contributed by atoms with Gasteiger partial charge in [-0.3, -0.25) is 4.79 Å². The van der Waals surface area contributed by atoms with Crippen molar-refractivity contribution in [1.29, 1.82) is 5.26 Å². The molecule has 0 unspecified atom stereocenters. The summed E-state index contributed by atoms with van der Waals surface area (Å²) in [6, 6.07) is 6.66. The fourth-order valence-corrected chi connectivity index (χ4v) is 3.44. The molecule has 0 atom stereocenters. The largest absolute Gasteiger partial charge is 0.416 e. The standard InChI is InChI=1S/C16H12ClN5O2S2/c1-9-19-12(7-25-9)5-15-21-22-16(24-15)26-8-14(23)20-11-3-2-10(6-18)13(17)4-11/h2-4,7H,5,8H2,1H3,(H,20,23). The summed E-state index contributed by atoms with van der Waals surface area (Å²) < 4.78 is 5.52. The van der Waals surface area contributed by atoms with Gasteiger partial charge in [0, 0.05) is 11.1 Å². The van der Waals surface area contributed by atoms with Gasteiger partial charge in [-0.1, -0.05) is 23.4 Å². The number of hydrogen-bond acceptors (Lipinski definition) is 8. The van der Waals surface area contributed by atoms with Crippen molar-refractivity contribution in [1.82, 2.24) is 15.2 Å². The monoisotopic (exact) mass is 405 g/mol. The van der Waals surface area contributed by atoms with Crippen LogP contribution in [0.4, 0.5) is 5.69 Å². The quantitative estimate of drug-likeness (QED) is 0.623. The average Bonchev–Trinajstić information content (AvgIpc) is 3.22. The van der Waals surface area contributed by atoms with E-state index in [4.69, 9.17) is 21.3 Å². The van der Waals surface area contributed by atoms with E-state index in [2.05, 4.69) is 20.5 Å². The molecule has 132 valence electrons. The van der Waals surface area contributed by atoms with Crippen LogP contribution in [0.25, 0.3) is 0 Å². The number of carbonyl (C=O) groups is 1. The molecule has 0 saturated heterocycles. The van der Waals surface area contributed by atoms with Crippen molar-refractivity contribution in [2.45, 2.75) is 18.6 Å². The van der Waals surface area contributed by atoms with Crippen molar-refractivity contribution in [3.05, 3.63) is 50.8 Å². The predicted molar refractivity (Wildman–Crippen MR) is 99.5 cm³/mol. The van der Waals surface area contributed by atoms with Crippen LogP contribution in [-0.2, 0) is 11.2 Å². The first-order chi connectivity index (χ1) is 12.5. The molecule has 0 fully saturated rings. The molecule has 3 rings (SSSR count). The number of benzene rings is 1. The zero-order chi connectivity index (χ0) is 18.5. The van der Waals surface area contributed by atoms with E-state index in [-0.39, 0.29) is 16.7 Å². The number of thiazole rings is 1. The van der Waals surface area contributed by atoms with Gasteiger partial charge in [0.25, 0.3) is 5.22 Å². The third-order valence-electron chi connectivity index (χ3n) is 3.15. The third kappa shape index (κ3) is 4.82. The van der Waals surface area contributed by atoms with Gasteiger partial charge in [-0.05, 0) is 25.1 Å². The second-order valence-electron chi connectivity index (χ2n) is 5.14. The van der Waals surface area contributed by atoms with Crippen molar-refractivity contribution in [2.24, 2.45) is 0 Å². The summed E-state index contributed by atoms with van der Waals surface area (Å²) in [5, 5.41) is 23.0. The smallest absolute Gasteiger partial charge is 0.277 e. The summed E-state index contributed by atoms with van der Waals surface area (Å²) in [6.07, 6.45) is 0.466. The number of carbonyl (C=O) groups excluding carboxylic acids is 1. The summed E-state index contributed by atoms with van der Waals surface area (Å²) in [5.74, 6) is 0.317. The highest BCUT2D eigenvalue weighted by Crippen LogP contribution is 2.22. The molecule has 10 heteroatoms. The lowest BCUT2D eigenvalue weighted by molar-refractivity contribution is -0.113. The molecule has 7 nitrogen and oxygen atoms in total. The first-order valence-corrected chi connectivity index (χ1v) is 9.63. The van der Waals surface area contributed by atoms with E-state index in [0.717, 1.165) is 22.5 Å². The van der Waals surface area contributed by atoms with Crippen LogP contribution in [0.15, 0.2) is 33.2 Å². The summed E-state index contributed by atoms with van der Waals surface area (Å²) >= 11 is 8.64. The number of amides is 1. The number of hydrogen-bond donors (Lipinski definition) is 1. The Kier molecular flexibility index (Phi) is 5.88. The van der Waals surface area contributed by atoms with Crippen molar-refractivity contribution in [3.63, 3.8) is 0 Å². The molecular formula is C16H12ClN5O2S2. The molecule has 1 aromatic carbocycles. The van der Waals surface area contributed by atoms with E-state index in [1.807, 2.05) is 18.4 Å². The summed E-state index contributed by atoms with van der Waals surface area (Å²) in [5.41, 5.74) is 1.75. The maximum absolute atomic E-state index is 12.0. The van der Waals surface area contributed by atoms with Crippen LogP contribution >= 0.6 is 34.7 Å². The molecule has 26 heavy (non-hydrogen) atoms. The number of rotatable bonds is 6. The summed E-state index contributed by atoms with van der Waals surface area (Å²) in [4.78, 5) is 16.4. The molecule has 3 aromatic rings. The number of nitrogens with zero attached hydrogens (tertiary/aromatic N) is 4. The Morgan fingerprint density at radius 3 is 3.00 bits per heavy atom. The van der Waals surface area contributed by atoms with Gasteiger partial charge >= 0.3 is 0 Å². The van der Waals surface area contributed by atoms with E-state index in [1.54, 1.807) is 23.5 Å². The van der Waals surface area contributed by atoms with Gasteiger partial charge in [0.05, 0.1) is 33.5 Å². The Balaban J connectivity index is 1.52. The zero-order valence-corrected chi connectivity index (χ0v) is 15.9. The highest BCUT2D eigenvalue weighted by atomic mass is 35.5. The lowest BCUT2D eigenvalue weighted by atomic mass is 10.2. The number of thioether (sulfide) groups is 1. The van der Waals surface area contributed by atoms with E-state index >= 15 is 0 Å². The minimum atomic E-state index is -0.245. The molecule has 0 aliphatic heterocycles.